The zero-order valence-corrected chi connectivity index (χ0v) is 12.0. The van der Waals surface area contributed by atoms with E-state index in [4.69, 9.17) is 4.74 Å². The number of benzene rings is 1. The van der Waals surface area contributed by atoms with Crippen molar-refractivity contribution in [2.45, 2.75) is 24.8 Å². The summed E-state index contributed by atoms with van der Waals surface area (Å²) >= 11 is 4.51. The monoisotopic (exact) mass is 265 g/mol. The minimum absolute atomic E-state index is 0.516. The Morgan fingerprint density at radius 3 is 2.56 bits per heavy atom. The molecule has 2 nitrogen and oxygen atoms in total. The Kier molecular flexibility index (Phi) is 5.54. The fraction of sp³-hybridized carbons (Fsp3) is 0.600. The van der Waals surface area contributed by atoms with E-state index < -0.39 is 0 Å². The average molecular weight is 265 g/mol. The molecule has 0 spiro atoms. The van der Waals surface area contributed by atoms with Gasteiger partial charge in [0, 0.05) is 31.7 Å². The van der Waals surface area contributed by atoms with Gasteiger partial charge in [-0.1, -0.05) is 30.3 Å². The van der Waals surface area contributed by atoms with Crippen LogP contribution in [0.15, 0.2) is 30.3 Å². The quantitative estimate of drug-likeness (QED) is 0.822. The second-order valence-electron chi connectivity index (χ2n) is 5.07. The molecule has 0 N–H and O–H groups in total. The molecule has 1 heterocycles. The lowest BCUT2D eigenvalue weighted by Crippen LogP contribution is -2.39. The largest absolute Gasteiger partial charge is 0.381 e. The highest BCUT2D eigenvalue weighted by molar-refractivity contribution is 7.80. The third-order valence-corrected chi connectivity index (χ3v) is 4.25. The molecule has 1 atom stereocenters. The number of rotatable bonds is 5. The molecule has 1 fully saturated rings. The maximum atomic E-state index is 5.42. The summed E-state index contributed by atoms with van der Waals surface area (Å²) in [5.41, 5.74) is 1.39. The van der Waals surface area contributed by atoms with Crippen LogP contribution in [0.2, 0.25) is 0 Å². The van der Waals surface area contributed by atoms with Gasteiger partial charge in [0.15, 0.2) is 0 Å². The topological polar surface area (TPSA) is 12.5 Å². The molecule has 2 rings (SSSR count). The molecule has 1 unspecified atom stereocenters. The Bertz CT molecular complexity index is 338. The third-order valence-electron chi connectivity index (χ3n) is 3.81. The van der Waals surface area contributed by atoms with Gasteiger partial charge in [-0.3, -0.25) is 0 Å². The fourth-order valence-corrected chi connectivity index (χ4v) is 2.94. The van der Waals surface area contributed by atoms with Crippen molar-refractivity contribution in [3.63, 3.8) is 0 Å². The van der Waals surface area contributed by atoms with Gasteiger partial charge in [-0.2, -0.15) is 12.6 Å². The van der Waals surface area contributed by atoms with E-state index in [-0.39, 0.29) is 0 Å². The molecule has 1 aliphatic rings. The van der Waals surface area contributed by atoms with Gasteiger partial charge in [0.2, 0.25) is 0 Å². The van der Waals surface area contributed by atoms with Gasteiger partial charge >= 0.3 is 0 Å². The van der Waals surface area contributed by atoms with Crippen molar-refractivity contribution in [2.75, 3.05) is 32.6 Å². The van der Waals surface area contributed by atoms with Crippen molar-refractivity contribution < 1.29 is 4.74 Å². The Hall–Kier alpha value is -0.510. The highest BCUT2D eigenvalue weighted by atomic mass is 32.1. The van der Waals surface area contributed by atoms with E-state index in [1.807, 2.05) is 0 Å². The number of likely N-dealkylation sites (N-methyl/N-ethyl adjacent to an activating group) is 1. The van der Waals surface area contributed by atoms with Crippen molar-refractivity contribution in [1.82, 2.24) is 4.90 Å². The van der Waals surface area contributed by atoms with Crippen molar-refractivity contribution in [1.29, 1.82) is 0 Å². The van der Waals surface area contributed by atoms with Crippen LogP contribution in [0.3, 0.4) is 0 Å². The molecule has 1 aromatic rings. The van der Waals surface area contributed by atoms with Gasteiger partial charge < -0.3 is 9.64 Å². The molecular weight excluding hydrogens is 242 g/mol. The zero-order chi connectivity index (χ0) is 12.8. The van der Waals surface area contributed by atoms with E-state index in [0.717, 1.165) is 38.4 Å². The van der Waals surface area contributed by atoms with E-state index in [0.29, 0.717) is 12.0 Å². The first kappa shape index (κ1) is 13.9. The smallest absolute Gasteiger partial charge is 0.0480 e. The molecule has 1 saturated heterocycles. The van der Waals surface area contributed by atoms with Crippen LogP contribution in [0.5, 0.6) is 0 Å². The highest BCUT2D eigenvalue weighted by Crippen LogP contribution is 2.21. The Morgan fingerprint density at radius 2 is 1.94 bits per heavy atom. The SMILES string of the molecule is CN(CC(CS)c1ccccc1)C1CCOCC1. The molecule has 0 aromatic heterocycles. The van der Waals surface area contributed by atoms with Gasteiger partial charge in [0.05, 0.1) is 0 Å². The summed E-state index contributed by atoms with van der Waals surface area (Å²) in [5, 5.41) is 0. The number of ether oxygens (including phenoxy) is 1. The second kappa shape index (κ2) is 7.17. The molecule has 0 amide bonds. The number of nitrogens with zero attached hydrogens (tertiary/aromatic N) is 1. The lowest BCUT2D eigenvalue weighted by molar-refractivity contribution is 0.0418. The number of thiol groups is 1. The number of hydrogen-bond donors (Lipinski definition) is 1. The highest BCUT2D eigenvalue weighted by Gasteiger charge is 2.21. The van der Waals surface area contributed by atoms with Crippen LogP contribution < -0.4 is 0 Å². The first-order valence-electron chi connectivity index (χ1n) is 6.75. The van der Waals surface area contributed by atoms with Crippen molar-refractivity contribution >= 4 is 12.6 Å². The minimum atomic E-state index is 0.516. The standard InChI is InChI=1S/C15H23NOS/c1-16(15-7-9-17-10-8-15)11-14(12-18)13-5-3-2-4-6-13/h2-6,14-15,18H,7-12H2,1H3. The lowest BCUT2D eigenvalue weighted by Gasteiger charge is -2.33. The van der Waals surface area contributed by atoms with Crippen LogP contribution in [-0.4, -0.2) is 43.5 Å². The van der Waals surface area contributed by atoms with Crippen molar-refractivity contribution in [2.24, 2.45) is 0 Å². The van der Waals surface area contributed by atoms with Crippen LogP contribution in [-0.2, 0) is 4.74 Å². The van der Waals surface area contributed by atoms with Crippen LogP contribution in [0.25, 0.3) is 0 Å². The Morgan fingerprint density at radius 1 is 1.28 bits per heavy atom. The van der Waals surface area contributed by atoms with Crippen LogP contribution >= 0.6 is 12.6 Å². The normalized spacial score (nSPS) is 19.1. The van der Waals surface area contributed by atoms with E-state index >= 15 is 0 Å². The predicted octanol–water partition coefficient (Wildman–Crippen LogP) is 2.81. The lowest BCUT2D eigenvalue weighted by atomic mass is 9.99. The molecule has 100 valence electrons. The van der Waals surface area contributed by atoms with E-state index in [9.17, 15) is 0 Å². The van der Waals surface area contributed by atoms with Gasteiger partial charge in [-0.05, 0) is 31.2 Å². The fourth-order valence-electron chi connectivity index (χ4n) is 2.62. The van der Waals surface area contributed by atoms with Gasteiger partial charge in [0.25, 0.3) is 0 Å². The molecule has 3 heteroatoms. The van der Waals surface area contributed by atoms with Gasteiger partial charge in [-0.15, -0.1) is 0 Å². The summed E-state index contributed by atoms with van der Waals surface area (Å²) in [7, 11) is 2.23. The van der Waals surface area contributed by atoms with E-state index in [2.05, 4.69) is 54.9 Å². The summed E-state index contributed by atoms with van der Waals surface area (Å²) in [6.45, 7) is 2.90. The summed E-state index contributed by atoms with van der Waals surface area (Å²) in [5.74, 6) is 1.42. The van der Waals surface area contributed by atoms with Crippen LogP contribution in [0.4, 0.5) is 0 Å². The summed E-state index contributed by atoms with van der Waals surface area (Å²) in [6.07, 6.45) is 2.31. The molecule has 1 aliphatic heterocycles. The first-order valence-corrected chi connectivity index (χ1v) is 7.38. The summed E-state index contributed by atoms with van der Waals surface area (Å²) < 4.78 is 5.42. The van der Waals surface area contributed by atoms with Gasteiger partial charge in [0.1, 0.15) is 0 Å². The van der Waals surface area contributed by atoms with E-state index in [1.54, 1.807) is 0 Å². The maximum Gasteiger partial charge on any atom is 0.0480 e. The molecule has 0 bridgehead atoms. The third kappa shape index (κ3) is 3.74. The average Bonchev–Trinajstić information content (AvgIpc) is 2.46. The molecule has 18 heavy (non-hydrogen) atoms. The number of hydrogen-bond acceptors (Lipinski definition) is 3. The van der Waals surface area contributed by atoms with Crippen molar-refractivity contribution in [3.05, 3.63) is 35.9 Å². The Balaban J connectivity index is 1.93. The molecule has 0 radical (unpaired) electrons. The molecular formula is C15H23NOS. The summed E-state index contributed by atoms with van der Waals surface area (Å²) in [6, 6.07) is 11.4. The maximum absolute atomic E-state index is 5.42. The molecule has 0 saturated carbocycles. The van der Waals surface area contributed by atoms with Gasteiger partial charge in [-0.25, -0.2) is 0 Å². The summed E-state index contributed by atoms with van der Waals surface area (Å²) in [4.78, 5) is 2.48. The molecule has 0 aliphatic carbocycles. The second-order valence-corrected chi connectivity index (χ2v) is 5.44. The predicted molar refractivity (Wildman–Crippen MR) is 79.5 cm³/mol. The zero-order valence-electron chi connectivity index (χ0n) is 11.1. The van der Waals surface area contributed by atoms with Crippen LogP contribution in [0, 0.1) is 0 Å². The Labute approximate surface area is 116 Å². The van der Waals surface area contributed by atoms with Crippen LogP contribution in [0.1, 0.15) is 24.3 Å². The van der Waals surface area contributed by atoms with Crippen molar-refractivity contribution in [3.8, 4) is 0 Å². The molecule has 1 aromatic carbocycles. The first-order chi connectivity index (χ1) is 8.81. The van der Waals surface area contributed by atoms with E-state index in [1.165, 1.54) is 5.56 Å². The minimum Gasteiger partial charge on any atom is -0.381 e.